The lowest BCUT2D eigenvalue weighted by Gasteiger charge is -2.07. The number of thiazole rings is 1. The third kappa shape index (κ3) is 4.75. The van der Waals surface area contributed by atoms with E-state index in [1.54, 1.807) is 6.07 Å². The van der Waals surface area contributed by atoms with Crippen molar-refractivity contribution in [2.24, 2.45) is 0 Å². The van der Waals surface area contributed by atoms with E-state index in [1.807, 2.05) is 44.2 Å². The van der Waals surface area contributed by atoms with E-state index in [9.17, 15) is 14.4 Å². The Morgan fingerprint density at radius 3 is 2.55 bits per heavy atom. The number of aromatic nitrogens is 3. The Morgan fingerprint density at radius 2 is 1.90 bits per heavy atom. The first-order valence-electron chi connectivity index (χ1n) is 8.91. The summed E-state index contributed by atoms with van der Waals surface area (Å²) in [6.45, 7) is 3.57. The lowest BCUT2D eigenvalue weighted by molar-refractivity contribution is -0.117. The molecular weight excluding hydrogens is 392 g/mol. The van der Waals surface area contributed by atoms with Crippen molar-refractivity contribution in [3.63, 3.8) is 0 Å². The normalized spacial score (nSPS) is 10.8. The van der Waals surface area contributed by atoms with Gasteiger partial charge in [-0.3, -0.25) is 9.59 Å². The van der Waals surface area contributed by atoms with E-state index in [4.69, 9.17) is 4.74 Å². The molecule has 8 nitrogen and oxygen atoms in total. The van der Waals surface area contributed by atoms with Crippen LogP contribution in [0.15, 0.2) is 47.3 Å². The van der Waals surface area contributed by atoms with E-state index in [0.717, 1.165) is 10.2 Å². The zero-order chi connectivity index (χ0) is 21.0. The predicted octanol–water partition coefficient (Wildman–Crippen LogP) is 2.92. The van der Waals surface area contributed by atoms with Gasteiger partial charge in [-0.15, -0.1) is 11.3 Å². The maximum absolute atomic E-state index is 12.5. The van der Waals surface area contributed by atoms with Crippen molar-refractivity contribution in [3.05, 3.63) is 63.4 Å². The van der Waals surface area contributed by atoms with Gasteiger partial charge in [0.15, 0.2) is 10.8 Å². The van der Waals surface area contributed by atoms with E-state index in [-0.39, 0.29) is 23.3 Å². The van der Waals surface area contributed by atoms with Gasteiger partial charge in [-0.25, -0.2) is 14.5 Å². The largest absolute Gasteiger partial charge is 0.464 e. The fourth-order valence-electron chi connectivity index (χ4n) is 2.64. The lowest BCUT2D eigenvalue weighted by Crippen LogP contribution is -2.29. The number of hydrogen-bond donors (Lipinski definition) is 1. The molecule has 1 N–H and O–H groups in total. The molecule has 0 fully saturated rings. The van der Waals surface area contributed by atoms with Crippen molar-refractivity contribution in [2.75, 3.05) is 12.4 Å². The molecule has 9 heteroatoms. The first kappa shape index (κ1) is 20.4. The molecule has 2 aromatic heterocycles. The quantitative estimate of drug-likeness (QED) is 0.625. The Kier molecular flexibility index (Phi) is 6.18. The number of rotatable bonds is 6. The van der Waals surface area contributed by atoms with Crippen molar-refractivity contribution in [3.8, 4) is 11.3 Å². The van der Waals surface area contributed by atoms with Crippen molar-refractivity contribution >= 4 is 28.3 Å². The van der Waals surface area contributed by atoms with Crippen LogP contribution < -0.4 is 10.9 Å². The number of benzene rings is 1. The number of nitrogens with one attached hydrogen (secondary N) is 1. The molecule has 0 saturated heterocycles. The summed E-state index contributed by atoms with van der Waals surface area (Å²) in [6.07, 6.45) is 0. The molecule has 0 spiro atoms. The number of carbonyl (C=O) groups is 2. The summed E-state index contributed by atoms with van der Waals surface area (Å²) < 4.78 is 5.84. The Bertz CT molecular complexity index is 1090. The minimum Gasteiger partial charge on any atom is -0.464 e. The average Bonchev–Trinajstić information content (AvgIpc) is 3.13. The number of anilines is 1. The van der Waals surface area contributed by atoms with Crippen LogP contribution in [-0.4, -0.2) is 33.8 Å². The van der Waals surface area contributed by atoms with Gasteiger partial charge in [0.2, 0.25) is 5.91 Å². The Labute approximate surface area is 171 Å². The third-order valence-electron chi connectivity index (χ3n) is 4.03. The Morgan fingerprint density at radius 1 is 1.17 bits per heavy atom. The van der Waals surface area contributed by atoms with Gasteiger partial charge in [0.05, 0.1) is 12.8 Å². The van der Waals surface area contributed by atoms with Gasteiger partial charge in [-0.1, -0.05) is 44.2 Å². The maximum Gasteiger partial charge on any atom is 0.357 e. The van der Waals surface area contributed by atoms with Crippen LogP contribution in [0.5, 0.6) is 0 Å². The zero-order valence-corrected chi connectivity index (χ0v) is 17.0. The number of ether oxygens (including phenoxy) is 1. The molecule has 0 aliphatic carbocycles. The molecule has 1 aromatic carbocycles. The highest BCUT2D eigenvalue weighted by Gasteiger charge is 2.22. The molecule has 1 amide bonds. The van der Waals surface area contributed by atoms with Gasteiger partial charge < -0.3 is 10.1 Å². The van der Waals surface area contributed by atoms with Gasteiger partial charge in [-0.2, -0.15) is 5.10 Å². The molecule has 150 valence electrons. The van der Waals surface area contributed by atoms with Crippen LogP contribution in [0.3, 0.4) is 0 Å². The summed E-state index contributed by atoms with van der Waals surface area (Å²) in [4.78, 5) is 41.4. The molecule has 0 bridgehead atoms. The van der Waals surface area contributed by atoms with Crippen LogP contribution in [0.4, 0.5) is 5.13 Å². The highest BCUT2D eigenvalue weighted by molar-refractivity contribution is 7.16. The minimum atomic E-state index is -0.557. The Balaban J connectivity index is 1.79. The zero-order valence-electron chi connectivity index (χ0n) is 16.2. The predicted molar refractivity (Wildman–Crippen MR) is 110 cm³/mol. The Hall–Kier alpha value is -3.33. The molecule has 0 atom stereocenters. The molecule has 0 unspecified atom stereocenters. The summed E-state index contributed by atoms with van der Waals surface area (Å²) in [5.41, 5.74) is 1.22. The van der Waals surface area contributed by atoms with Crippen LogP contribution >= 0.6 is 11.3 Å². The van der Waals surface area contributed by atoms with E-state index < -0.39 is 17.4 Å². The molecule has 3 aromatic rings. The van der Waals surface area contributed by atoms with Crippen LogP contribution in [0.2, 0.25) is 0 Å². The molecule has 0 saturated carbocycles. The second kappa shape index (κ2) is 8.78. The number of esters is 1. The summed E-state index contributed by atoms with van der Waals surface area (Å²) >= 11 is 1.20. The van der Waals surface area contributed by atoms with Gasteiger partial charge >= 0.3 is 5.97 Å². The minimum absolute atomic E-state index is 0.0408. The van der Waals surface area contributed by atoms with Crippen molar-refractivity contribution in [1.82, 2.24) is 14.8 Å². The van der Waals surface area contributed by atoms with E-state index in [1.165, 1.54) is 24.5 Å². The van der Waals surface area contributed by atoms with Crippen molar-refractivity contribution < 1.29 is 14.3 Å². The van der Waals surface area contributed by atoms with Crippen LogP contribution in [-0.2, 0) is 16.1 Å². The summed E-state index contributed by atoms with van der Waals surface area (Å²) in [5, 5.41) is 7.17. The molecule has 0 aliphatic rings. The van der Waals surface area contributed by atoms with Gasteiger partial charge in [-0.05, 0) is 12.0 Å². The van der Waals surface area contributed by atoms with Crippen LogP contribution in [0.1, 0.15) is 35.1 Å². The SMILES string of the molecule is COC(=O)c1nc(NC(=O)Cn2nc(-c3ccccc3)ccc2=O)sc1C(C)C. The van der Waals surface area contributed by atoms with Gasteiger partial charge in [0.25, 0.3) is 5.56 Å². The topological polar surface area (TPSA) is 103 Å². The monoisotopic (exact) mass is 412 g/mol. The smallest absolute Gasteiger partial charge is 0.357 e. The number of methoxy groups -OCH3 is 1. The average molecular weight is 412 g/mol. The first-order chi connectivity index (χ1) is 13.9. The second-order valence-corrected chi connectivity index (χ2v) is 7.54. The van der Waals surface area contributed by atoms with Crippen molar-refractivity contribution in [1.29, 1.82) is 0 Å². The fourth-order valence-corrected chi connectivity index (χ4v) is 3.61. The molecule has 29 heavy (non-hydrogen) atoms. The van der Waals surface area contributed by atoms with E-state index in [0.29, 0.717) is 10.6 Å². The molecule has 3 rings (SSSR count). The van der Waals surface area contributed by atoms with Crippen LogP contribution in [0, 0.1) is 0 Å². The van der Waals surface area contributed by atoms with Gasteiger partial charge in [0, 0.05) is 16.5 Å². The summed E-state index contributed by atoms with van der Waals surface area (Å²) in [6, 6.07) is 12.3. The van der Waals surface area contributed by atoms with Crippen LogP contribution in [0.25, 0.3) is 11.3 Å². The fraction of sp³-hybridized carbons (Fsp3) is 0.250. The molecule has 0 radical (unpaired) electrons. The number of nitrogens with zero attached hydrogens (tertiary/aromatic N) is 3. The molecule has 0 aliphatic heterocycles. The molecule has 2 heterocycles. The first-order valence-corrected chi connectivity index (χ1v) is 9.73. The standard InChI is InChI=1S/C20H20N4O4S/c1-12(2)18-17(19(27)28-3)22-20(29-18)21-15(25)11-24-16(26)10-9-14(23-24)13-7-5-4-6-8-13/h4-10,12H,11H2,1-3H3,(H,21,22,25). The summed E-state index contributed by atoms with van der Waals surface area (Å²) in [7, 11) is 1.28. The lowest BCUT2D eigenvalue weighted by atomic mass is 10.1. The maximum atomic E-state index is 12.5. The highest BCUT2D eigenvalue weighted by Crippen LogP contribution is 2.30. The third-order valence-corrected chi connectivity index (χ3v) is 5.30. The van der Waals surface area contributed by atoms with Crippen molar-refractivity contribution in [2.45, 2.75) is 26.3 Å². The number of amides is 1. The summed E-state index contributed by atoms with van der Waals surface area (Å²) in [5.74, 6) is -0.983. The highest BCUT2D eigenvalue weighted by atomic mass is 32.1. The van der Waals surface area contributed by atoms with Gasteiger partial charge in [0.1, 0.15) is 6.54 Å². The van der Waals surface area contributed by atoms with E-state index >= 15 is 0 Å². The number of carbonyl (C=O) groups excluding carboxylic acids is 2. The number of hydrogen-bond acceptors (Lipinski definition) is 7. The van der Waals surface area contributed by atoms with E-state index in [2.05, 4.69) is 15.4 Å². The second-order valence-electron chi connectivity index (χ2n) is 6.51. The molecular formula is C20H20N4O4S.